The number of aromatic nitrogens is 2. The summed E-state index contributed by atoms with van der Waals surface area (Å²) >= 11 is 1.65. The summed E-state index contributed by atoms with van der Waals surface area (Å²) in [7, 11) is -2.85. The molecule has 0 saturated carbocycles. The summed E-state index contributed by atoms with van der Waals surface area (Å²) in [5, 5.41) is 2.03. The van der Waals surface area contributed by atoms with Crippen LogP contribution in [0, 0.1) is 5.41 Å². The van der Waals surface area contributed by atoms with Crippen molar-refractivity contribution in [2.24, 2.45) is 5.41 Å². The van der Waals surface area contributed by atoms with Gasteiger partial charge >= 0.3 is 0 Å². The van der Waals surface area contributed by atoms with Gasteiger partial charge in [0.1, 0.15) is 12.1 Å². The number of anilines is 1. The molecule has 2 fully saturated rings. The van der Waals surface area contributed by atoms with Gasteiger partial charge in [-0.1, -0.05) is 0 Å². The van der Waals surface area contributed by atoms with E-state index in [4.69, 9.17) is 0 Å². The van der Waals surface area contributed by atoms with Crippen LogP contribution in [0.5, 0.6) is 0 Å². The summed E-state index contributed by atoms with van der Waals surface area (Å²) in [5.74, 6) is 1.66. The van der Waals surface area contributed by atoms with Gasteiger partial charge in [-0.15, -0.1) is 11.3 Å². The predicted molar refractivity (Wildman–Crippen MR) is 84.6 cm³/mol. The number of nitrogens with zero attached hydrogens (tertiary/aromatic N) is 3. The first-order valence-electron chi connectivity index (χ1n) is 7.21. The number of hydrogen-bond donors (Lipinski definition) is 0. The van der Waals surface area contributed by atoms with Crippen molar-refractivity contribution in [3.63, 3.8) is 0 Å². The van der Waals surface area contributed by atoms with Crippen LogP contribution in [0.2, 0.25) is 0 Å². The van der Waals surface area contributed by atoms with Crippen molar-refractivity contribution in [2.75, 3.05) is 29.5 Å². The largest absolute Gasteiger partial charge is 0.355 e. The molecule has 7 heteroatoms. The molecule has 0 radical (unpaired) electrons. The van der Waals surface area contributed by atoms with E-state index in [1.165, 1.54) is 0 Å². The van der Waals surface area contributed by atoms with Gasteiger partial charge in [-0.05, 0) is 30.7 Å². The number of thiophene rings is 1. The molecule has 4 rings (SSSR count). The Morgan fingerprint density at radius 1 is 1.29 bits per heavy atom. The minimum absolute atomic E-state index is 0.0639. The molecule has 112 valence electrons. The molecule has 1 unspecified atom stereocenters. The minimum atomic E-state index is -2.85. The SMILES string of the molecule is O=S1(=O)CCC2(CCCN(c3ncnc4ccsc34)C2)C1. The maximum atomic E-state index is 11.9. The minimum Gasteiger partial charge on any atom is -0.355 e. The number of sulfone groups is 1. The third-order valence-electron chi connectivity index (χ3n) is 4.65. The molecule has 1 atom stereocenters. The number of hydrogen-bond acceptors (Lipinski definition) is 6. The molecule has 21 heavy (non-hydrogen) atoms. The number of piperidine rings is 1. The monoisotopic (exact) mass is 323 g/mol. The molecule has 0 N–H and O–H groups in total. The summed E-state index contributed by atoms with van der Waals surface area (Å²) in [6.45, 7) is 1.75. The smallest absolute Gasteiger partial charge is 0.150 e. The van der Waals surface area contributed by atoms with Gasteiger partial charge in [-0.2, -0.15) is 0 Å². The van der Waals surface area contributed by atoms with E-state index in [2.05, 4.69) is 14.9 Å². The van der Waals surface area contributed by atoms with Crippen molar-refractivity contribution in [1.29, 1.82) is 0 Å². The van der Waals surface area contributed by atoms with E-state index in [0.717, 1.165) is 48.4 Å². The van der Waals surface area contributed by atoms with Crippen LogP contribution < -0.4 is 4.90 Å². The van der Waals surface area contributed by atoms with Gasteiger partial charge in [0.05, 0.1) is 21.7 Å². The quantitative estimate of drug-likeness (QED) is 0.804. The Kier molecular flexibility index (Phi) is 2.97. The van der Waals surface area contributed by atoms with Gasteiger partial charge in [0.2, 0.25) is 0 Å². The topological polar surface area (TPSA) is 63.2 Å². The Labute approximate surface area is 127 Å². The fourth-order valence-corrected chi connectivity index (χ4v) is 6.76. The Morgan fingerprint density at radius 3 is 3.00 bits per heavy atom. The highest BCUT2D eigenvalue weighted by atomic mass is 32.2. The van der Waals surface area contributed by atoms with Crippen molar-refractivity contribution in [3.05, 3.63) is 17.8 Å². The van der Waals surface area contributed by atoms with E-state index < -0.39 is 9.84 Å². The highest BCUT2D eigenvalue weighted by Crippen LogP contribution is 2.42. The van der Waals surface area contributed by atoms with Gasteiger partial charge in [-0.25, -0.2) is 18.4 Å². The zero-order valence-electron chi connectivity index (χ0n) is 11.7. The molecule has 2 saturated heterocycles. The van der Waals surface area contributed by atoms with E-state index in [9.17, 15) is 8.42 Å². The number of rotatable bonds is 1. The van der Waals surface area contributed by atoms with Crippen LogP contribution in [-0.2, 0) is 9.84 Å². The Balaban J connectivity index is 1.69. The summed E-state index contributed by atoms with van der Waals surface area (Å²) in [6, 6.07) is 2.00. The molecule has 2 aliphatic heterocycles. The fourth-order valence-electron chi connectivity index (χ4n) is 3.69. The van der Waals surface area contributed by atoms with Crippen molar-refractivity contribution in [1.82, 2.24) is 9.97 Å². The first-order valence-corrected chi connectivity index (χ1v) is 9.91. The van der Waals surface area contributed by atoms with Crippen LogP contribution in [-0.4, -0.2) is 43.0 Å². The highest BCUT2D eigenvalue weighted by molar-refractivity contribution is 7.91. The Morgan fingerprint density at radius 2 is 2.19 bits per heavy atom. The second-order valence-corrected chi connectivity index (χ2v) is 9.30. The fraction of sp³-hybridized carbons (Fsp3) is 0.571. The molecular weight excluding hydrogens is 306 g/mol. The lowest BCUT2D eigenvalue weighted by Crippen LogP contribution is -2.44. The second-order valence-electron chi connectivity index (χ2n) is 6.20. The van der Waals surface area contributed by atoms with Gasteiger partial charge in [0.25, 0.3) is 0 Å². The maximum Gasteiger partial charge on any atom is 0.150 e. The summed E-state index contributed by atoms with van der Waals surface area (Å²) in [5.41, 5.74) is 0.912. The molecule has 2 aromatic rings. The molecule has 1 spiro atoms. The lowest BCUT2D eigenvalue weighted by molar-refractivity contribution is 0.269. The van der Waals surface area contributed by atoms with Gasteiger partial charge < -0.3 is 4.90 Å². The van der Waals surface area contributed by atoms with E-state index in [1.807, 2.05) is 11.4 Å². The molecule has 4 heterocycles. The lowest BCUT2D eigenvalue weighted by atomic mass is 9.79. The van der Waals surface area contributed by atoms with Gasteiger partial charge in [0, 0.05) is 18.5 Å². The summed E-state index contributed by atoms with van der Waals surface area (Å²) in [6.07, 6.45) is 4.45. The third kappa shape index (κ3) is 2.32. The first-order chi connectivity index (χ1) is 10.1. The third-order valence-corrected chi connectivity index (χ3v) is 7.43. The van der Waals surface area contributed by atoms with E-state index in [1.54, 1.807) is 17.7 Å². The van der Waals surface area contributed by atoms with Crippen LogP contribution in [0.4, 0.5) is 5.82 Å². The molecule has 0 aromatic carbocycles. The van der Waals surface area contributed by atoms with Crippen molar-refractivity contribution in [3.8, 4) is 0 Å². The predicted octanol–water partition coefficient (Wildman–Crippen LogP) is 2.10. The maximum absolute atomic E-state index is 11.9. The normalized spacial score (nSPS) is 28.5. The molecule has 2 aliphatic rings. The lowest BCUT2D eigenvalue weighted by Gasteiger charge is -2.40. The van der Waals surface area contributed by atoms with Crippen LogP contribution in [0.25, 0.3) is 10.2 Å². The summed E-state index contributed by atoms with van der Waals surface area (Å²) < 4.78 is 24.9. The van der Waals surface area contributed by atoms with E-state index >= 15 is 0 Å². The zero-order chi connectivity index (χ0) is 14.5. The Hall–Kier alpha value is -1.21. The average molecular weight is 323 g/mol. The van der Waals surface area contributed by atoms with Crippen molar-refractivity contribution < 1.29 is 8.42 Å². The van der Waals surface area contributed by atoms with Crippen LogP contribution in [0.3, 0.4) is 0 Å². The molecule has 0 amide bonds. The van der Waals surface area contributed by atoms with Crippen LogP contribution in [0.1, 0.15) is 19.3 Å². The molecule has 0 aliphatic carbocycles. The first kappa shape index (κ1) is 13.5. The molecule has 5 nitrogen and oxygen atoms in total. The van der Waals surface area contributed by atoms with Crippen LogP contribution in [0.15, 0.2) is 17.8 Å². The number of fused-ring (bicyclic) bond motifs is 1. The zero-order valence-corrected chi connectivity index (χ0v) is 13.3. The van der Waals surface area contributed by atoms with Crippen molar-refractivity contribution >= 4 is 37.2 Å². The average Bonchev–Trinajstić information content (AvgIpc) is 3.03. The summed E-state index contributed by atoms with van der Waals surface area (Å²) in [4.78, 5) is 11.0. The van der Waals surface area contributed by atoms with Crippen LogP contribution >= 0.6 is 11.3 Å². The second kappa shape index (κ2) is 4.64. The molecule has 0 bridgehead atoms. The van der Waals surface area contributed by atoms with E-state index in [0.29, 0.717) is 11.5 Å². The van der Waals surface area contributed by atoms with Crippen molar-refractivity contribution in [2.45, 2.75) is 19.3 Å². The van der Waals surface area contributed by atoms with E-state index in [-0.39, 0.29) is 5.41 Å². The standard InChI is InChI=1S/C14H17N3O2S2/c18-21(19)7-4-14(9-21)3-1-5-17(8-14)13-12-11(2-6-20-12)15-10-16-13/h2,6,10H,1,3-5,7-9H2. The van der Waals surface area contributed by atoms with Gasteiger partial charge in [0.15, 0.2) is 9.84 Å². The Bertz CT molecular complexity index is 786. The highest BCUT2D eigenvalue weighted by Gasteiger charge is 2.45. The molecule has 2 aromatic heterocycles. The van der Waals surface area contributed by atoms with Gasteiger partial charge in [-0.3, -0.25) is 0 Å². The molecular formula is C14H17N3O2S2.